The molecule has 0 saturated heterocycles. The minimum Gasteiger partial charge on any atom is -0.144 e. The van der Waals surface area contributed by atoms with E-state index in [1.54, 1.807) is 0 Å². The predicted molar refractivity (Wildman–Crippen MR) is 68.2 cm³/mol. The molecule has 1 rings (SSSR count). The second kappa shape index (κ2) is 6.49. The molecule has 0 saturated carbocycles. The molecule has 0 bridgehead atoms. The summed E-state index contributed by atoms with van der Waals surface area (Å²) in [6.45, 7) is 2.21. The molecule has 0 N–H and O–H groups in total. The Hall–Kier alpha value is 0.0169. The first kappa shape index (κ1) is 12.1. The monoisotopic (exact) mass is 246 g/mol. The van der Waals surface area contributed by atoms with Gasteiger partial charge in [-0.1, -0.05) is 44.0 Å². The van der Waals surface area contributed by atoms with E-state index in [4.69, 9.17) is 22.2 Å². The summed E-state index contributed by atoms with van der Waals surface area (Å²) >= 11 is 12.1. The summed E-state index contributed by atoms with van der Waals surface area (Å²) in [6.07, 6.45) is 4.89. The Morgan fingerprint density at radius 1 is 1.14 bits per heavy atom. The molecule has 0 heterocycles. The number of hydrogen-bond acceptors (Lipinski definition) is 0. The summed E-state index contributed by atoms with van der Waals surface area (Å²) < 4.78 is 0. The molecular weight excluding hydrogens is 231 g/mol. The largest absolute Gasteiger partial charge is 0.266 e. The molecule has 1 aromatic rings. The third-order valence-electron chi connectivity index (χ3n) is 2.34. The lowest BCUT2D eigenvalue weighted by Gasteiger charge is -2.08. The van der Waals surface area contributed by atoms with Crippen molar-refractivity contribution < 1.29 is 0 Å². The van der Waals surface area contributed by atoms with Crippen LogP contribution in [0.1, 0.15) is 31.7 Å². The molecule has 0 nitrogen and oxygen atoms in total. The fraction of sp³-hybridized carbons (Fsp3) is 0.455. The van der Waals surface area contributed by atoms with Crippen LogP contribution in [0.2, 0.25) is 0 Å². The first-order valence-corrected chi connectivity index (χ1v) is 9.18. The van der Waals surface area contributed by atoms with Crippen LogP contribution in [-0.2, 0) is 6.42 Å². The van der Waals surface area contributed by atoms with Gasteiger partial charge in [0.25, 0.3) is 7.42 Å². The Morgan fingerprint density at radius 3 is 2.50 bits per heavy atom. The predicted octanol–water partition coefficient (Wildman–Crippen LogP) is 3.32. The normalized spacial score (nSPS) is 10.9. The number of aryl methyl sites for hydroxylation is 1. The Morgan fingerprint density at radius 2 is 1.86 bits per heavy atom. The molecule has 0 aliphatic carbocycles. The molecule has 1 aromatic carbocycles. The Labute approximate surface area is 97.3 Å². The molecule has 3 heteroatoms. The lowest BCUT2D eigenvalue weighted by atomic mass is 10.1. The van der Waals surface area contributed by atoms with Crippen molar-refractivity contribution >= 4 is 34.8 Å². The van der Waals surface area contributed by atoms with Gasteiger partial charge in [-0.15, -0.1) is 22.2 Å². The zero-order valence-corrected chi connectivity index (χ0v) is 11.1. The summed E-state index contributed by atoms with van der Waals surface area (Å²) in [5.41, 5.74) is 1.35. The van der Waals surface area contributed by atoms with Gasteiger partial charge in [0.05, 0.1) is 0 Å². The molecule has 0 aliphatic rings. The van der Waals surface area contributed by atoms with Crippen molar-refractivity contribution in [3.05, 3.63) is 29.8 Å². The number of unbranched alkanes of at least 4 members (excludes halogenated alkanes) is 2. The molecule has 0 aromatic heterocycles. The Kier molecular flexibility index (Phi) is 5.60. The number of rotatable bonds is 5. The van der Waals surface area contributed by atoms with Gasteiger partial charge in [0, 0.05) is 0 Å². The van der Waals surface area contributed by atoms with Crippen LogP contribution in [0.3, 0.4) is 0 Å². The molecular formula is C11H16Cl2Si. The first-order valence-electron chi connectivity index (χ1n) is 5.11. The van der Waals surface area contributed by atoms with Gasteiger partial charge in [-0.3, -0.25) is 0 Å². The number of benzene rings is 1. The van der Waals surface area contributed by atoms with Crippen molar-refractivity contribution in [1.82, 2.24) is 0 Å². The van der Waals surface area contributed by atoms with Crippen LogP contribution in [0.25, 0.3) is 0 Å². The van der Waals surface area contributed by atoms with Crippen molar-refractivity contribution in [3.8, 4) is 0 Å². The summed E-state index contributed by atoms with van der Waals surface area (Å²) in [5.74, 6) is 0. The number of halogens is 2. The molecule has 0 fully saturated rings. The third kappa shape index (κ3) is 3.64. The highest BCUT2D eigenvalue weighted by molar-refractivity contribution is 7.39. The molecule has 0 radical (unpaired) electrons. The maximum atomic E-state index is 6.03. The minimum atomic E-state index is -1.68. The molecule has 0 unspecified atom stereocenters. The highest BCUT2D eigenvalue weighted by atomic mass is 35.7. The van der Waals surface area contributed by atoms with Gasteiger partial charge in [0.1, 0.15) is 0 Å². The SMILES string of the molecule is CCCCCc1ccccc1[SiH](Cl)Cl. The summed E-state index contributed by atoms with van der Waals surface area (Å²) in [6, 6.07) is 8.30. The Balaban J connectivity index is 2.64. The third-order valence-corrected chi connectivity index (χ3v) is 4.78. The number of hydrogen-bond donors (Lipinski definition) is 0. The maximum absolute atomic E-state index is 6.03. The highest BCUT2D eigenvalue weighted by Gasteiger charge is 2.10. The van der Waals surface area contributed by atoms with Crippen LogP contribution < -0.4 is 5.19 Å². The smallest absolute Gasteiger partial charge is 0.144 e. The standard InChI is InChI=1S/C11H16Cl2Si/c1-2-3-4-7-10-8-5-6-9-11(10)14(12)13/h5-6,8-9,14H,2-4,7H2,1H3. The van der Waals surface area contributed by atoms with E-state index in [2.05, 4.69) is 25.1 Å². The Bertz CT molecular complexity index is 274. The van der Waals surface area contributed by atoms with Crippen LogP contribution in [0.5, 0.6) is 0 Å². The van der Waals surface area contributed by atoms with Crippen LogP contribution >= 0.6 is 22.2 Å². The van der Waals surface area contributed by atoms with Crippen LogP contribution in [0, 0.1) is 0 Å². The lowest BCUT2D eigenvalue weighted by Crippen LogP contribution is -2.22. The highest BCUT2D eigenvalue weighted by Crippen LogP contribution is 2.08. The average molecular weight is 247 g/mol. The molecule has 0 amide bonds. The molecule has 14 heavy (non-hydrogen) atoms. The molecule has 0 aliphatic heterocycles. The summed E-state index contributed by atoms with van der Waals surface area (Å²) in [5, 5.41) is 1.20. The van der Waals surface area contributed by atoms with E-state index in [0.29, 0.717) is 0 Å². The van der Waals surface area contributed by atoms with Gasteiger partial charge in [0.15, 0.2) is 0 Å². The van der Waals surface area contributed by atoms with Crippen molar-refractivity contribution in [3.63, 3.8) is 0 Å². The van der Waals surface area contributed by atoms with E-state index in [1.165, 1.54) is 30.0 Å². The summed E-state index contributed by atoms with van der Waals surface area (Å²) in [7, 11) is -1.68. The zero-order chi connectivity index (χ0) is 10.4. The zero-order valence-electron chi connectivity index (χ0n) is 8.47. The fourth-order valence-corrected chi connectivity index (χ4v) is 3.59. The maximum Gasteiger partial charge on any atom is 0.266 e. The van der Waals surface area contributed by atoms with Gasteiger partial charge < -0.3 is 0 Å². The second-order valence-electron chi connectivity index (χ2n) is 3.46. The van der Waals surface area contributed by atoms with E-state index >= 15 is 0 Å². The van der Waals surface area contributed by atoms with Crippen molar-refractivity contribution in [2.24, 2.45) is 0 Å². The van der Waals surface area contributed by atoms with Gasteiger partial charge in [-0.2, -0.15) is 0 Å². The molecule has 78 valence electrons. The van der Waals surface area contributed by atoms with Gasteiger partial charge >= 0.3 is 0 Å². The van der Waals surface area contributed by atoms with Crippen molar-refractivity contribution in [2.45, 2.75) is 32.6 Å². The van der Waals surface area contributed by atoms with E-state index in [0.717, 1.165) is 6.42 Å². The minimum absolute atomic E-state index is 1.12. The quantitative estimate of drug-likeness (QED) is 0.425. The first-order chi connectivity index (χ1) is 6.75. The van der Waals surface area contributed by atoms with Crippen LogP contribution in [-0.4, -0.2) is 7.42 Å². The fourth-order valence-electron chi connectivity index (χ4n) is 1.54. The summed E-state index contributed by atoms with van der Waals surface area (Å²) in [4.78, 5) is 0. The van der Waals surface area contributed by atoms with E-state index in [-0.39, 0.29) is 0 Å². The van der Waals surface area contributed by atoms with Crippen LogP contribution in [0.15, 0.2) is 24.3 Å². The van der Waals surface area contributed by atoms with Crippen molar-refractivity contribution in [1.29, 1.82) is 0 Å². The molecule has 0 spiro atoms. The topological polar surface area (TPSA) is 0 Å². The lowest BCUT2D eigenvalue weighted by molar-refractivity contribution is 0.719. The van der Waals surface area contributed by atoms with Gasteiger partial charge in [-0.25, -0.2) is 0 Å². The van der Waals surface area contributed by atoms with Crippen molar-refractivity contribution in [2.75, 3.05) is 0 Å². The molecule has 0 atom stereocenters. The van der Waals surface area contributed by atoms with Gasteiger partial charge in [0.2, 0.25) is 0 Å². The van der Waals surface area contributed by atoms with E-state index in [1.807, 2.05) is 6.07 Å². The van der Waals surface area contributed by atoms with E-state index in [9.17, 15) is 0 Å². The van der Waals surface area contributed by atoms with Gasteiger partial charge in [-0.05, 0) is 23.6 Å². The van der Waals surface area contributed by atoms with E-state index < -0.39 is 7.42 Å². The second-order valence-corrected chi connectivity index (χ2v) is 7.97. The van der Waals surface area contributed by atoms with Crippen LogP contribution in [0.4, 0.5) is 0 Å². The average Bonchev–Trinajstić information content (AvgIpc) is 2.19.